The van der Waals surface area contributed by atoms with Crippen molar-refractivity contribution in [1.82, 2.24) is 0 Å². The number of unbranched alkanes of at least 4 members (excludes halogenated alkanes) is 15. The van der Waals surface area contributed by atoms with Crippen molar-refractivity contribution in [3.05, 3.63) is 12.2 Å². The fourth-order valence-electron chi connectivity index (χ4n) is 3.28. The van der Waals surface area contributed by atoms with Gasteiger partial charge >= 0.3 is 5.97 Å². The number of carbonyl (C=O) groups is 1. The van der Waals surface area contributed by atoms with E-state index >= 15 is 0 Å². The van der Waals surface area contributed by atoms with E-state index in [1.165, 1.54) is 96.3 Å². The highest BCUT2D eigenvalue weighted by atomic mass is 32.1. The van der Waals surface area contributed by atoms with Crippen LogP contribution in [0.3, 0.4) is 0 Å². The molecule has 0 spiro atoms. The zero-order valence-electron chi connectivity index (χ0n) is 18.1. The number of hydrogen-bond donors (Lipinski definition) is 1. The van der Waals surface area contributed by atoms with E-state index in [2.05, 4.69) is 31.7 Å². The summed E-state index contributed by atoms with van der Waals surface area (Å²) in [5, 5.41) is 0. The van der Waals surface area contributed by atoms with E-state index in [4.69, 9.17) is 4.74 Å². The Morgan fingerprint density at radius 3 is 1.63 bits per heavy atom. The lowest BCUT2D eigenvalue weighted by Gasteiger charge is -2.02. The molecule has 0 aromatic heterocycles. The summed E-state index contributed by atoms with van der Waals surface area (Å²) in [6, 6.07) is 0. The van der Waals surface area contributed by atoms with Crippen LogP contribution in [0.15, 0.2) is 12.2 Å². The Hall–Kier alpha value is -0.440. The predicted molar refractivity (Wildman–Crippen MR) is 123 cm³/mol. The second-order valence-corrected chi connectivity index (χ2v) is 8.14. The molecular weight excluding hydrogens is 352 g/mol. The average Bonchev–Trinajstić information content (AvgIpc) is 2.68. The molecule has 0 fully saturated rings. The van der Waals surface area contributed by atoms with Crippen molar-refractivity contribution in [1.29, 1.82) is 0 Å². The largest absolute Gasteiger partial charge is 0.465 e. The molecule has 3 heteroatoms. The normalized spacial score (nSPS) is 11.3. The Morgan fingerprint density at radius 2 is 1.15 bits per heavy atom. The third-order valence-corrected chi connectivity index (χ3v) is 5.18. The minimum atomic E-state index is -0.0704. The highest BCUT2D eigenvalue weighted by Crippen LogP contribution is 2.12. The summed E-state index contributed by atoms with van der Waals surface area (Å²) in [5.41, 5.74) is 0. The van der Waals surface area contributed by atoms with Gasteiger partial charge in [0.05, 0.1) is 0 Å². The first-order chi connectivity index (χ1) is 13.3. The van der Waals surface area contributed by atoms with Gasteiger partial charge in [0.1, 0.15) is 6.61 Å². The molecule has 0 rings (SSSR count). The molecule has 0 heterocycles. The van der Waals surface area contributed by atoms with Gasteiger partial charge in [0.2, 0.25) is 0 Å². The van der Waals surface area contributed by atoms with Gasteiger partial charge in [-0.05, 0) is 32.1 Å². The summed E-state index contributed by atoms with van der Waals surface area (Å²) in [7, 11) is 0. The van der Waals surface area contributed by atoms with E-state index in [1.807, 2.05) is 0 Å². The lowest BCUT2D eigenvalue weighted by Crippen LogP contribution is -2.06. The topological polar surface area (TPSA) is 26.3 Å². The van der Waals surface area contributed by atoms with E-state index in [1.54, 1.807) is 0 Å². The summed E-state index contributed by atoms with van der Waals surface area (Å²) >= 11 is 4.03. The minimum Gasteiger partial charge on any atom is -0.465 e. The Labute approximate surface area is 175 Å². The van der Waals surface area contributed by atoms with Gasteiger partial charge in [0, 0.05) is 12.2 Å². The quantitative estimate of drug-likeness (QED) is 0.0915. The number of esters is 1. The molecule has 0 aliphatic rings. The standard InChI is InChI=1S/C24H46O2S/c1-2-3-4-5-6-7-8-9-10-11-12-13-14-15-16-17-18-19-20-21-24(25)26-22-23-27/h13-14,27H,2-12,15-23H2,1H3/b14-13+. The molecule has 0 aromatic carbocycles. The van der Waals surface area contributed by atoms with Crippen LogP contribution < -0.4 is 0 Å². The zero-order chi connectivity index (χ0) is 19.8. The number of ether oxygens (including phenoxy) is 1. The molecule has 0 saturated carbocycles. The van der Waals surface area contributed by atoms with Gasteiger partial charge in [-0.15, -0.1) is 0 Å². The van der Waals surface area contributed by atoms with Crippen LogP contribution in [-0.2, 0) is 9.53 Å². The van der Waals surface area contributed by atoms with Crippen molar-refractivity contribution in [3.8, 4) is 0 Å². The predicted octanol–water partition coefficient (Wildman–Crippen LogP) is 8.06. The van der Waals surface area contributed by atoms with Crippen molar-refractivity contribution < 1.29 is 9.53 Å². The van der Waals surface area contributed by atoms with Crippen molar-refractivity contribution >= 4 is 18.6 Å². The number of thiol groups is 1. The molecule has 0 aromatic rings. The Bertz CT molecular complexity index is 328. The number of hydrogen-bond acceptors (Lipinski definition) is 3. The lowest BCUT2D eigenvalue weighted by molar-refractivity contribution is -0.143. The molecule has 0 amide bonds. The van der Waals surface area contributed by atoms with Crippen LogP contribution in [0.4, 0.5) is 0 Å². The van der Waals surface area contributed by atoms with E-state index in [0.29, 0.717) is 18.8 Å². The molecule has 0 bridgehead atoms. The summed E-state index contributed by atoms with van der Waals surface area (Å²) in [6.45, 7) is 2.72. The third-order valence-electron chi connectivity index (χ3n) is 5.00. The first-order valence-electron chi connectivity index (χ1n) is 11.7. The van der Waals surface area contributed by atoms with Crippen LogP contribution in [0.2, 0.25) is 0 Å². The first-order valence-corrected chi connectivity index (χ1v) is 12.4. The number of allylic oxidation sites excluding steroid dienone is 2. The Kier molecular flexibility index (Phi) is 23.2. The third kappa shape index (κ3) is 23.5. The van der Waals surface area contributed by atoms with Crippen molar-refractivity contribution in [2.24, 2.45) is 0 Å². The first kappa shape index (κ1) is 26.6. The van der Waals surface area contributed by atoms with Gasteiger partial charge in [-0.2, -0.15) is 12.6 Å². The second-order valence-electron chi connectivity index (χ2n) is 7.69. The van der Waals surface area contributed by atoms with Crippen LogP contribution in [0, 0.1) is 0 Å². The van der Waals surface area contributed by atoms with Crippen LogP contribution in [-0.4, -0.2) is 18.3 Å². The lowest BCUT2D eigenvalue weighted by atomic mass is 10.1. The maximum absolute atomic E-state index is 11.3. The Balaban J connectivity index is 3.14. The SMILES string of the molecule is CCCCCCCCCCCC/C=C/CCCCCCCC(=O)OCCS. The summed E-state index contributed by atoms with van der Waals surface area (Å²) in [5.74, 6) is 0.539. The molecular formula is C24H46O2S. The van der Waals surface area contributed by atoms with E-state index in [-0.39, 0.29) is 5.97 Å². The molecule has 160 valence electrons. The molecule has 27 heavy (non-hydrogen) atoms. The van der Waals surface area contributed by atoms with Crippen molar-refractivity contribution in [2.75, 3.05) is 12.4 Å². The zero-order valence-corrected chi connectivity index (χ0v) is 19.0. The maximum Gasteiger partial charge on any atom is 0.305 e. The molecule has 0 N–H and O–H groups in total. The molecule has 0 unspecified atom stereocenters. The highest BCUT2D eigenvalue weighted by molar-refractivity contribution is 7.80. The molecule has 0 radical (unpaired) electrons. The van der Waals surface area contributed by atoms with Gasteiger partial charge in [-0.3, -0.25) is 4.79 Å². The van der Waals surface area contributed by atoms with Crippen LogP contribution >= 0.6 is 12.6 Å². The van der Waals surface area contributed by atoms with E-state index in [9.17, 15) is 4.79 Å². The number of carbonyl (C=O) groups excluding carboxylic acids is 1. The minimum absolute atomic E-state index is 0.0704. The smallest absolute Gasteiger partial charge is 0.305 e. The van der Waals surface area contributed by atoms with E-state index < -0.39 is 0 Å². The van der Waals surface area contributed by atoms with Crippen molar-refractivity contribution in [2.45, 2.75) is 122 Å². The highest BCUT2D eigenvalue weighted by Gasteiger charge is 2.01. The van der Waals surface area contributed by atoms with Crippen LogP contribution in [0.1, 0.15) is 122 Å². The molecule has 0 atom stereocenters. The second kappa shape index (κ2) is 23.6. The molecule has 2 nitrogen and oxygen atoms in total. The fraction of sp³-hybridized carbons (Fsp3) is 0.875. The summed E-state index contributed by atoms with van der Waals surface area (Å²) < 4.78 is 5.00. The van der Waals surface area contributed by atoms with Gasteiger partial charge in [-0.25, -0.2) is 0 Å². The maximum atomic E-state index is 11.3. The van der Waals surface area contributed by atoms with Gasteiger partial charge in [0.15, 0.2) is 0 Å². The molecule has 0 aliphatic carbocycles. The molecule has 0 aliphatic heterocycles. The number of rotatable bonds is 21. The summed E-state index contributed by atoms with van der Waals surface area (Å²) in [4.78, 5) is 11.3. The van der Waals surface area contributed by atoms with Crippen LogP contribution in [0.25, 0.3) is 0 Å². The fourth-order valence-corrected chi connectivity index (χ4v) is 3.37. The van der Waals surface area contributed by atoms with Crippen LogP contribution in [0.5, 0.6) is 0 Å². The van der Waals surface area contributed by atoms with Gasteiger partial charge in [-0.1, -0.05) is 96.1 Å². The van der Waals surface area contributed by atoms with Crippen molar-refractivity contribution in [3.63, 3.8) is 0 Å². The van der Waals surface area contributed by atoms with Gasteiger partial charge in [0.25, 0.3) is 0 Å². The molecule has 0 saturated heterocycles. The summed E-state index contributed by atoms with van der Waals surface area (Å²) in [6.07, 6.45) is 27.8. The van der Waals surface area contributed by atoms with E-state index in [0.717, 1.165) is 12.8 Å². The average molecular weight is 399 g/mol. The van der Waals surface area contributed by atoms with Gasteiger partial charge < -0.3 is 4.74 Å². The monoisotopic (exact) mass is 398 g/mol. The Morgan fingerprint density at radius 1 is 0.704 bits per heavy atom.